The Morgan fingerprint density at radius 3 is 2.83 bits per heavy atom. The summed E-state index contributed by atoms with van der Waals surface area (Å²) in [5.41, 5.74) is 1.21. The number of allylic oxidation sites excluding steroid dienone is 2. The van der Waals surface area contributed by atoms with Gasteiger partial charge in [0, 0.05) is 6.20 Å². The molecule has 2 unspecified atom stereocenters. The summed E-state index contributed by atoms with van der Waals surface area (Å²) in [6.45, 7) is 8.45. The van der Waals surface area contributed by atoms with E-state index in [-0.39, 0.29) is 18.1 Å². The molecule has 4 heteroatoms. The largest absolute Gasteiger partial charge is 0.464 e. The lowest BCUT2D eigenvalue weighted by Gasteiger charge is -2.27. The smallest absolute Gasteiger partial charge is 0.331 e. The Kier molecular flexibility index (Phi) is 3.55. The van der Waals surface area contributed by atoms with Crippen molar-refractivity contribution in [3.05, 3.63) is 23.9 Å². The summed E-state index contributed by atoms with van der Waals surface area (Å²) < 4.78 is 5.13. The second-order valence-corrected chi connectivity index (χ2v) is 4.95. The zero-order valence-electron chi connectivity index (χ0n) is 11.4. The zero-order valence-corrected chi connectivity index (χ0v) is 11.4. The Labute approximate surface area is 108 Å². The molecule has 0 bridgehead atoms. The standard InChI is InChI=1S/C14H20N2O2/c1-5-18-14(17)13-10(4)15-12-7-6-11(9(2)3)8-16(12)13/h6-10,13H,5H2,1-4H3. The van der Waals surface area contributed by atoms with Crippen LogP contribution in [0, 0.1) is 5.92 Å². The van der Waals surface area contributed by atoms with Gasteiger partial charge in [-0.15, -0.1) is 0 Å². The van der Waals surface area contributed by atoms with Gasteiger partial charge in [0.1, 0.15) is 5.84 Å². The summed E-state index contributed by atoms with van der Waals surface area (Å²) in [4.78, 5) is 18.4. The molecule has 2 aliphatic heterocycles. The highest BCUT2D eigenvalue weighted by molar-refractivity contribution is 6.00. The topological polar surface area (TPSA) is 41.9 Å². The Morgan fingerprint density at radius 1 is 1.50 bits per heavy atom. The maximum absolute atomic E-state index is 12.0. The van der Waals surface area contributed by atoms with E-state index in [2.05, 4.69) is 24.9 Å². The van der Waals surface area contributed by atoms with E-state index in [4.69, 9.17) is 4.74 Å². The molecule has 18 heavy (non-hydrogen) atoms. The predicted molar refractivity (Wildman–Crippen MR) is 71.2 cm³/mol. The van der Waals surface area contributed by atoms with E-state index in [1.54, 1.807) is 0 Å². The summed E-state index contributed by atoms with van der Waals surface area (Å²) >= 11 is 0. The molecule has 0 N–H and O–H groups in total. The molecule has 0 fully saturated rings. The lowest BCUT2D eigenvalue weighted by atomic mass is 10.0. The highest BCUT2D eigenvalue weighted by Gasteiger charge is 2.39. The molecule has 0 aliphatic carbocycles. The normalized spacial score (nSPS) is 25.9. The SMILES string of the molecule is CCOC(=O)C1C(C)N=C2C=CC(C(C)C)=CN21. The molecule has 2 aliphatic rings. The molecule has 2 heterocycles. The average molecular weight is 248 g/mol. The van der Waals surface area contributed by atoms with Gasteiger partial charge in [-0.25, -0.2) is 4.79 Å². The molecule has 2 atom stereocenters. The van der Waals surface area contributed by atoms with Gasteiger partial charge in [-0.2, -0.15) is 0 Å². The van der Waals surface area contributed by atoms with Crippen molar-refractivity contribution in [2.45, 2.75) is 39.8 Å². The third kappa shape index (κ3) is 2.19. The fourth-order valence-corrected chi connectivity index (χ4v) is 2.25. The monoisotopic (exact) mass is 248 g/mol. The summed E-state index contributed by atoms with van der Waals surface area (Å²) in [6, 6.07) is -0.384. The van der Waals surface area contributed by atoms with Crippen LogP contribution in [0.1, 0.15) is 27.7 Å². The molecule has 0 aromatic carbocycles. The van der Waals surface area contributed by atoms with Crippen LogP contribution in [0.2, 0.25) is 0 Å². The minimum Gasteiger partial charge on any atom is -0.464 e. The van der Waals surface area contributed by atoms with Gasteiger partial charge in [0.15, 0.2) is 6.04 Å². The average Bonchev–Trinajstić information content (AvgIpc) is 2.63. The van der Waals surface area contributed by atoms with Gasteiger partial charge in [0.2, 0.25) is 0 Å². The van der Waals surface area contributed by atoms with Crippen LogP contribution in [0.3, 0.4) is 0 Å². The molecule has 0 aromatic heterocycles. The molecule has 0 spiro atoms. The van der Waals surface area contributed by atoms with Gasteiger partial charge in [-0.3, -0.25) is 4.99 Å². The van der Waals surface area contributed by atoms with E-state index in [0.29, 0.717) is 12.5 Å². The summed E-state index contributed by atoms with van der Waals surface area (Å²) in [7, 11) is 0. The number of carbonyl (C=O) groups is 1. The van der Waals surface area contributed by atoms with Crippen LogP contribution in [-0.2, 0) is 9.53 Å². The van der Waals surface area contributed by atoms with Crippen molar-refractivity contribution in [3.8, 4) is 0 Å². The highest BCUT2D eigenvalue weighted by atomic mass is 16.5. The number of aliphatic imine (C=N–C) groups is 1. The summed E-state index contributed by atoms with van der Waals surface area (Å²) in [5.74, 6) is 1.09. The Balaban J connectivity index is 2.25. The van der Waals surface area contributed by atoms with E-state index in [1.807, 2.05) is 31.0 Å². The number of hydrogen-bond donors (Lipinski definition) is 0. The highest BCUT2D eigenvalue weighted by Crippen LogP contribution is 2.26. The number of rotatable bonds is 3. The first-order valence-electron chi connectivity index (χ1n) is 6.47. The van der Waals surface area contributed by atoms with Gasteiger partial charge >= 0.3 is 5.97 Å². The number of ether oxygens (including phenoxy) is 1. The van der Waals surface area contributed by atoms with Crippen LogP contribution in [0.4, 0.5) is 0 Å². The van der Waals surface area contributed by atoms with Crippen LogP contribution in [0.5, 0.6) is 0 Å². The van der Waals surface area contributed by atoms with Crippen LogP contribution < -0.4 is 0 Å². The number of amidine groups is 1. The second kappa shape index (κ2) is 4.96. The van der Waals surface area contributed by atoms with Gasteiger partial charge in [-0.05, 0) is 31.4 Å². The van der Waals surface area contributed by atoms with Crippen molar-refractivity contribution >= 4 is 11.8 Å². The first kappa shape index (κ1) is 12.9. The van der Waals surface area contributed by atoms with E-state index in [0.717, 1.165) is 5.84 Å². The molecule has 0 saturated carbocycles. The van der Waals surface area contributed by atoms with Crippen molar-refractivity contribution in [2.75, 3.05) is 6.61 Å². The Hall–Kier alpha value is -1.58. The van der Waals surface area contributed by atoms with Gasteiger partial charge in [0.05, 0.1) is 12.6 Å². The van der Waals surface area contributed by atoms with Crippen LogP contribution in [-0.4, -0.2) is 35.4 Å². The number of hydrogen-bond acceptors (Lipinski definition) is 4. The second-order valence-electron chi connectivity index (χ2n) is 4.95. The first-order chi connectivity index (χ1) is 8.54. The molecule has 98 valence electrons. The molecule has 4 nitrogen and oxygen atoms in total. The summed E-state index contributed by atoms with van der Waals surface area (Å²) in [5, 5.41) is 0. The van der Waals surface area contributed by atoms with Crippen LogP contribution in [0.25, 0.3) is 0 Å². The number of nitrogens with zero attached hydrogens (tertiary/aromatic N) is 2. The maximum Gasteiger partial charge on any atom is 0.331 e. The van der Waals surface area contributed by atoms with Crippen LogP contribution in [0.15, 0.2) is 28.9 Å². The fourth-order valence-electron chi connectivity index (χ4n) is 2.25. The molecule has 0 amide bonds. The zero-order chi connectivity index (χ0) is 13.3. The minimum atomic E-state index is -0.321. The third-order valence-electron chi connectivity index (χ3n) is 3.26. The van der Waals surface area contributed by atoms with Crippen LogP contribution >= 0.6 is 0 Å². The van der Waals surface area contributed by atoms with E-state index in [9.17, 15) is 4.79 Å². The lowest BCUT2D eigenvalue weighted by Crippen LogP contribution is -2.43. The van der Waals surface area contributed by atoms with Gasteiger partial charge in [-0.1, -0.05) is 19.9 Å². The summed E-state index contributed by atoms with van der Waals surface area (Å²) in [6.07, 6.45) is 6.07. The first-order valence-corrected chi connectivity index (χ1v) is 6.47. The van der Waals surface area contributed by atoms with Gasteiger partial charge < -0.3 is 9.64 Å². The van der Waals surface area contributed by atoms with E-state index < -0.39 is 0 Å². The predicted octanol–water partition coefficient (Wildman–Crippen LogP) is 2.13. The molecular formula is C14H20N2O2. The van der Waals surface area contributed by atoms with Crippen molar-refractivity contribution in [1.29, 1.82) is 0 Å². The fraction of sp³-hybridized carbons (Fsp3) is 0.571. The van der Waals surface area contributed by atoms with Crippen molar-refractivity contribution in [1.82, 2.24) is 4.90 Å². The number of carbonyl (C=O) groups excluding carboxylic acids is 1. The molecule has 0 radical (unpaired) electrons. The molecule has 0 aromatic rings. The van der Waals surface area contributed by atoms with Crippen molar-refractivity contribution in [3.63, 3.8) is 0 Å². The molecule has 2 rings (SSSR count). The third-order valence-corrected chi connectivity index (χ3v) is 3.26. The number of esters is 1. The quantitative estimate of drug-likeness (QED) is 0.718. The Bertz CT molecular complexity index is 435. The van der Waals surface area contributed by atoms with Gasteiger partial charge in [0.25, 0.3) is 0 Å². The molecular weight excluding hydrogens is 228 g/mol. The van der Waals surface area contributed by atoms with Crippen molar-refractivity contribution in [2.24, 2.45) is 10.9 Å². The maximum atomic E-state index is 12.0. The lowest BCUT2D eigenvalue weighted by molar-refractivity contribution is -0.147. The van der Waals surface area contributed by atoms with Crippen molar-refractivity contribution < 1.29 is 9.53 Å². The molecule has 0 saturated heterocycles. The van der Waals surface area contributed by atoms with E-state index >= 15 is 0 Å². The van der Waals surface area contributed by atoms with E-state index in [1.165, 1.54) is 5.57 Å². The number of fused-ring (bicyclic) bond motifs is 1. The Morgan fingerprint density at radius 2 is 2.22 bits per heavy atom. The minimum absolute atomic E-state index is 0.0635.